The minimum atomic E-state index is -0.874. The summed E-state index contributed by atoms with van der Waals surface area (Å²) < 4.78 is 6.95. The van der Waals surface area contributed by atoms with E-state index in [9.17, 15) is 4.79 Å². The van der Waals surface area contributed by atoms with Crippen LogP contribution in [-0.2, 0) is 22.5 Å². The first-order valence-electron chi connectivity index (χ1n) is 7.66. The molecule has 0 aliphatic carbocycles. The average molecular weight is 294 g/mol. The van der Waals surface area contributed by atoms with E-state index in [1.807, 2.05) is 0 Å². The molecule has 3 rings (SSSR count). The highest BCUT2D eigenvalue weighted by Gasteiger charge is 2.25. The summed E-state index contributed by atoms with van der Waals surface area (Å²) >= 11 is 0. The second kappa shape index (κ2) is 6.53. The van der Waals surface area contributed by atoms with Crippen LogP contribution in [0, 0.1) is 5.92 Å². The maximum absolute atomic E-state index is 11.0. The van der Waals surface area contributed by atoms with Crippen LogP contribution in [0.4, 0.5) is 0 Å². The highest BCUT2D eigenvalue weighted by molar-refractivity contribution is 5.66. The van der Waals surface area contributed by atoms with Crippen LogP contribution in [0.15, 0.2) is 0 Å². The minimum Gasteiger partial charge on any atom is -0.480 e. The average Bonchev–Trinajstić information content (AvgIpc) is 3.10. The van der Waals surface area contributed by atoms with Crippen LogP contribution in [0.1, 0.15) is 36.8 Å². The highest BCUT2D eigenvalue weighted by atomic mass is 16.5. The van der Waals surface area contributed by atoms with Gasteiger partial charge in [-0.15, -0.1) is 0 Å². The number of rotatable bonds is 5. The van der Waals surface area contributed by atoms with Crippen molar-refractivity contribution in [3.05, 3.63) is 11.6 Å². The standard InChI is InChI=1S/C14H22N4O3/c19-13(20)8-18-12(7-10-1-4-15-5-2-10)16-14(17-18)11-3-6-21-9-11/h10-11,15H,1-9H2,(H,19,20). The van der Waals surface area contributed by atoms with Gasteiger partial charge < -0.3 is 15.2 Å². The van der Waals surface area contributed by atoms with Crippen LogP contribution < -0.4 is 5.32 Å². The largest absolute Gasteiger partial charge is 0.480 e. The lowest BCUT2D eigenvalue weighted by atomic mass is 9.94. The first-order chi connectivity index (χ1) is 10.2. The van der Waals surface area contributed by atoms with E-state index < -0.39 is 5.97 Å². The molecule has 0 amide bonds. The summed E-state index contributed by atoms with van der Waals surface area (Å²) in [4.78, 5) is 15.6. The van der Waals surface area contributed by atoms with E-state index in [1.165, 1.54) is 0 Å². The summed E-state index contributed by atoms with van der Waals surface area (Å²) in [5.74, 6) is 1.46. The van der Waals surface area contributed by atoms with Crippen LogP contribution in [-0.4, -0.2) is 52.1 Å². The van der Waals surface area contributed by atoms with Crippen molar-refractivity contribution in [3.63, 3.8) is 0 Å². The summed E-state index contributed by atoms with van der Waals surface area (Å²) in [6.07, 6.45) is 3.96. The van der Waals surface area contributed by atoms with Crippen molar-refractivity contribution in [2.24, 2.45) is 5.92 Å². The maximum Gasteiger partial charge on any atom is 0.325 e. The van der Waals surface area contributed by atoms with Gasteiger partial charge in [0.25, 0.3) is 0 Å². The number of nitrogens with one attached hydrogen (secondary N) is 1. The van der Waals surface area contributed by atoms with Crippen molar-refractivity contribution in [1.29, 1.82) is 0 Å². The Labute approximate surface area is 123 Å². The molecule has 1 unspecified atom stereocenters. The van der Waals surface area contributed by atoms with Crippen molar-refractivity contribution in [3.8, 4) is 0 Å². The molecule has 2 aliphatic heterocycles. The number of piperidine rings is 1. The number of carboxylic acid groups (broad SMARTS) is 1. The molecule has 7 nitrogen and oxygen atoms in total. The lowest BCUT2D eigenvalue weighted by Crippen LogP contribution is -2.29. The van der Waals surface area contributed by atoms with E-state index >= 15 is 0 Å². The number of aliphatic carboxylic acids is 1. The van der Waals surface area contributed by atoms with Crippen molar-refractivity contribution in [1.82, 2.24) is 20.1 Å². The maximum atomic E-state index is 11.0. The number of hydrogen-bond acceptors (Lipinski definition) is 5. The third-order valence-corrected chi connectivity index (χ3v) is 4.27. The molecule has 2 N–H and O–H groups in total. The zero-order chi connectivity index (χ0) is 14.7. The van der Waals surface area contributed by atoms with Gasteiger partial charge in [0.15, 0.2) is 5.82 Å². The van der Waals surface area contributed by atoms with E-state index in [1.54, 1.807) is 4.68 Å². The molecule has 1 atom stereocenters. The zero-order valence-electron chi connectivity index (χ0n) is 12.1. The van der Waals surface area contributed by atoms with Crippen LogP contribution in [0.3, 0.4) is 0 Å². The molecule has 1 aromatic heterocycles. The number of carboxylic acids is 1. The van der Waals surface area contributed by atoms with Crippen LogP contribution in [0.5, 0.6) is 0 Å². The van der Waals surface area contributed by atoms with E-state index in [0.29, 0.717) is 12.5 Å². The third kappa shape index (κ3) is 3.59. The van der Waals surface area contributed by atoms with E-state index in [0.717, 1.165) is 57.0 Å². The molecule has 2 saturated heterocycles. The van der Waals surface area contributed by atoms with Gasteiger partial charge in [-0.2, -0.15) is 5.10 Å². The Bertz CT molecular complexity index is 490. The monoisotopic (exact) mass is 294 g/mol. The lowest BCUT2D eigenvalue weighted by molar-refractivity contribution is -0.137. The third-order valence-electron chi connectivity index (χ3n) is 4.27. The van der Waals surface area contributed by atoms with Gasteiger partial charge in [-0.1, -0.05) is 0 Å². The second-order valence-corrected chi connectivity index (χ2v) is 5.90. The zero-order valence-corrected chi connectivity index (χ0v) is 12.1. The topological polar surface area (TPSA) is 89.3 Å². The Morgan fingerprint density at radius 1 is 1.38 bits per heavy atom. The summed E-state index contributed by atoms with van der Waals surface area (Å²) in [5, 5.41) is 16.8. The molecule has 0 spiro atoms. The van der Waals surface area contributed by atoms with Gasteiger partial charge in [0.05, 0.1) is 6.61 Å². The summed E-state index contributed by atoms with van der Waals surface area (Å²) in [5.41, 5.74) is 0. The smallest absolute Gasteiger partial charge is 0.325 e. The molecule has 0 saturated carbocycles. The Morgan fingerprint density at radius 2 is 2.19 bits per heavy atom. The number of carbonyl (C=O) groups is 1. The van der Waals surface area contributed by atoms with Crippen LogP contribution in [0.2, 0.25) is 0 Å². The number of ether oxygens (including phenoxy) is 1. The molecule has 21 heavy (non-hydrogen) atoms. The molecule has 7 heteroatoms. The molecule has 0 bridgehead atoms. The molecule has 0 radical (unpaired) electrons. The van der Waals surface area contributed by atoms with Crippen LogP contribution >= 0.6 is 0 Å². The molecule has 2 fully saturated rings. The number of hydrogen-bond donors (Lipinski definition) is 2. The van der Waals surface area contributed by atoms with E-state index in [-0.39, 0.29) is 12.5 Å². The summed E-state index contributed by atoms with van der Waals surface area (Å²) in [6.45, 7) is 3.33. The first-order valence-corrected chi connectivity index (χ1v) is 7.66. The fourth-order valence-corrected chi connectivity index (χ4v) is 3.05. The van der Waals surface area contributed by atoms with Gasteiger partial charge in [-0.05, 0) is 38.3 Å². The van der Waals surface area contributed by atoms with Crippen molar-refractivity contribution < 1.29 is 14.6 Å². The fourth-order valence-electron chi connectivity index (χ4n) is 3.05. The van der Waals surface area contributed by atoms with Crippen molar-refractivity contribution in [2.75, 3.05) is 26.3 Å². The number of aromatic nitrogens is 3. The highest BCUT2D eigenvalue weighted by Crippen LogP contribution is 2.24. The molecule has 2 aliphatic rings. The van der Waals surface area contributed by atoms with Gasteiger partial charge in [0, 0.05) is 18.9 Å². The van der Waals surface area contributed by atoms with Gasteiger partial charge in [0.2, 0.25) is 0 Å². The van der Waals surface area contributed by atoms with E-state index in [4.69, 9.17) is 9.84 Å². The van der Waals surface area contributed by atoms with Gasteiger partial charge >= 0.3 is 5.97 Å². The molecule has 1 aromatic rings. The molecular formula is C14H22N4O3. The second-order valence-electron chi connectivity index (χ2n) is 5.90. The summed E-state index contributed by atoms with van der Waals surface area (Å²) in [6, 6.07) is 0. The fraction of sp³-hybridized carbons (Fsp3) is 0.786. The Kier molecular flexibility index (Phi) is 4.50. The number of nitrogens with zero attached hydrogens (tertiary/aromatic N) is 3. The Hall–Kier alpha value is -1.47. The van der Waals surface area contributed by atoms with Gasteiger partial charge in [-0.3, -0.25) is 4.79 Å². The molecule has 0 aromatic carbocycles. The predicted molar refractivity (Wildman–Crippen MR) is 75.1 cm³/mol. The van der Waals surface area contributed by atoms with Crippen LogP contribution in [0.25, 0.3) is 0 Å². The molecule has 3 heterocycles. The minimum absolute atomic E-state index is 0.110. The molecular weight excluding hydrogens is 272 g/mol. The van der Waals surface area contributed by atoms with E-state index in [2.05, 4.69) is 15.4 Å². The summed E-state index contributed by atoms with van der Waals surface area (Å²) in [7, 11) is 0. The van der Waals surface area contributed by atoms with Gasteiger partial charge in [-0.25, -0.2) is 9.67 Å². The van der Waals surface area contributed by atoms with Crippen molar-refractivity contribution >= 4 is 5.97 Å². The normalized spacial score (nSPS) is 23.5. The predicted octanol–water partition coefficient (Wildman–Crippen LogP) is 0.409. The lowest BCUT2D eigenvalue weighted by Gasteiger charge is -2.21. The quantitative estimate of drug-likeness (QED) is 0.817. The molecule has 116 valence electrons. The Morgan fingerprint density at radius 3 is 2.86 bits per heavy atom. The van der Waals surface area contributed by atoms with Gasteiger partial charge in [0.1, 0.15) is 12.4 Å². The SMILES string of the molecule is O=C(O)Cn1nc(C2CCOC2)nc1CC1CCNCC1. The Balaban J connectivity index is 1.76. The first kappa shape index (κ1) is 14.5. The van der Waals surface area contributed by atoms with Crippen molar-refractivity contribution in [2.45, 2.75) is 38.1 Å².